The maximum atomic E-state index is 16.1. The highest BCUT2D eigenvalue weighted by Crippen LogP contribution is 2.48. The van der Waals surface area contributed by atoms with Gasteiger partial charge in [-0.3, -0.25) is 0 Å². The van der Waals surface area contributed by atoms with Crippen LogP contribution in [-0.2, 0) is 20.0 Å². The van der Waals surface area contributed by atoms with Gasteiger partial charge in [-0.2, -0.15) is 17.6 Å². The van der Waals surface area contributed by atoms with Crippen molar-refractivity contribution in [2.24, 2.45) is 0 Å². The van der Waals surface area contributed by atoms with E-state index in [1.165, 1.54) is 18.7 Å². The molecule has 0 bridgehead atoms. The molecule has 1 atom stereocenters. The van der Waals surface area contributed by atoms with E-state index < -0.39 is 71.5 Å². The minimum Gasteiger partial charge on any atom is -0.486 e. The standard InChI is InChI=1S/C23H30F5N2O6S2/c1-15(2)35-21-18(25)20(36-16-11-7-4-3-5-8-12-16)17(24)19(30-13-9-6-10-14-30)22(21)37(31,32)29-38(33,34)23(26,27)28/h3-4,15-16H,5-14H2,1-2H3/q-1/b4-3-. The van der Waals surface area contributed by atoms with Crippen molar-refractivity contribution in [2.75, 3.05) is 18.0 Å². The first-order valence-corrected chi connectivity index (χ1v) is 15.1. The molecule has 1 fully saturated rings. The molecule has 0 N–H and O–H groups in total. The summed E-state index contributed by atoms with van der Waals surface area (Å²) < 4.78 is 134. The van der Waals surface area contributed by atoms with E-state index in [-0.39, 0.29) is 13.1 Å². The number of nitrogens with zero attached hydrogens (tertiary/aromatic N) is 2. The van der Waals surface area contributed by atoms with E-state index >= 15 is 8.78 Å². The van der Waals surface area contributed by atoms with E-state index in [1.54, 1.807) is 0 Å². The summed E-state index contributed by atoms with van der Waals surface area (Å²) in [5, 5.41) is 0. The summed E-state index contributed by atoms with van der Waals surface area (Å²) in [6.07, 6.45) is 6.81. The Bertz CT molecular complexity index is 1240. The molecule has 1 aliphatic heterocycles. The first-order chi connectivity index (χ1) is 17.7. The fraction of sp³-hybridized carbons (Fsp3) is 0.652. The molecule has 1 heterocycles. The van der Waals surface area contributed by atoms with Crippen molar-refractivity contribution in [3.8, 4) is 11.5 Å². The summed E-state index contributed by atoms with van der Waals surface area (Å²) in [5.41, 5.74) is -6.89. The first-order valence-electron chi connectivity index (χ1n) is 12.2. The van der Waals surface area contributed by atoms with E-state index in [9.17, 15) is 30.0 Å². The van der Waals surface area contributed by atoms with Gasteiger partial charge < -0.3 is 18.5 Å². The van der Waals surface area contributed by atoms with E-state index in [1.807, 2.05) is 12.2 Å². The number of sulfonamides is 2. The predicted octanol–water partition coefficient (Wildman–Crippen LogP) is 5.92. The number of piperidine rings is 1. The zero-order valence-electron chi connectivity index (χ0n) is 20.9. The number of hydrogen-bond donors (Lipinski definition) is 0. The quantitative estimate of drug-likeness (QED) is 0.274. The van der Waals surface area contributed by atoms with Gasteiger partial charge in [-0.15, -0.1) is 0 Å². The Labute approximate surface area is 219 Å². The lowest BCUT2D eigenvalue weighted by molar-refractivity contribution is -0.0425. The van der Waals surface area contributed by atoms with Crippen LogP contribution in [0, 0.1) is 11.6 Å². The summed E-state index contributed by atoms with van der Waals surface area (Å²) in [7, 11) is -12.4. The van der Waals surface area contributed by atoms with Crippen LogP contribution in [0.25, 0.3) is 4.13 Å². The molecular weight excluding hydrogens is 559 g/mol. The molecule has 2 aliphatic rings. The van der Waals surface area contributed by atoms with Crippen molar-refractivity contribution in [1.29, 1.82) is 0 Å². The minimum absolute atomic E-state index is 0.0753. The molecule has 1 aliphatic carbocycles. The molecule has 216 valence electrons. The molecule has 1 aromatic rings. The molecule has 1 aromatic carbocycles. The molecule has 0 saturated carbocycles. The highest BCUT2D eigenvalue weighted by molar-refractivity contribution is 8.12. The predicted molar refractivity (Wildman–Crippen MR) is 130 cm³/mol. The second-order valence-electron chi connectivity index (χ2n) is 9.37. The average molecular weight is 590 g/mol. The molecule has 1 saturated heterocycles. The number of benzene rings is 1. The summed E-state index contributed by atoms with van der Waals surface area (Å²) in [5.74, 6) is -5.17. The van der Waals surface area contributed by atoms with Gasteiger partial charge in [0.1, 0.15) is 14.9 Å². The monoisotopic (exact) mass is 589 g/mol. The largest absolute Gasteiger partial charge is 0.486 e. The fourth-order valence-corrected chi connectivity index (χ4v) is 6.82. The van der Waals surface area contributed by atoms with Crippen molar-refractivity contribution >= 4 is 25.7 Å². The normalized spacial score (nSPS) is 20.6. The van der Waals surface area contributed by atoms with E-state index in [2.05, 4.69) is 4.13 Å². The molecule has 0 aromatic heterocycles. The topological polar surface area (TPSA) is 104 Å². The fourth-order valence-electron chi connectivity index (χ4n) is 4.32. The Hall–Kier alpha value is -2.13. The van der Waals surface area contributed by atoms with Crippen LogP contribution in [0.15, 0.2) is 17.0 Å². The maximum absolute atomic E-state index is 16.1. The number of alkyl halides is 3. The average Bonchev–Trinajstić information content (AvgIpc) is 2.78. The van der Waals surface area contributed by atoms with Crippen LogP contribution in [0.2, 0.25) is 0 Å². The molecule has 1 unspecified atom stereocenters. The number of halogens is 5. The zero-order chi connectivity index (χ0) is 28.3. The summed E-state index contributed by atoms with van der Waals surface area (Å²) in [6, 6.07) is 0. The van der Waals surface area contributed by atoms with Gasteiger partial charge in [0.05, 0.1) is 17.9 Å². The van der Waals surface area contributed by atoms with Crippen LogP contribution in [-0.4, -0.2) is 47.6 Å². The minimum atomic E-state index is -6.58. The summed E-state index contributed by atoms with van der Waals surface area (Å²) >= 11 is 0. The molecule has 0 spiro atoms. The Kier molecular flexibility index (Phi) is 9.56. The van der Waals surface area contributed by atoms with Gasteiger partial charge in [0.25, 0.3) is 0 Å². The van der Waals surface area contributed by atoms with Crippen molar-refractivity contribution in [3.05, 3.63) is 27.9 Å². The Morgan fingerprint density at radius 3 is 2.16 bits per heavy atom. The molecule has 3 rings (SSSR count). The zero-order valence-corrected chi connectivity index (χ0v) is 22.6. The molecule has 38 heavy (non-hydrogen) atoms. The van der Waals surface area contributed by atoms with Gasteiger partial charge in [-0.1, -0.05) is 12.2 Å². The van der Waals surface area contributed by atoms with Crippen molar-refractivity contribution in [3.63, 3.8) is 0 Å². The number of anilines is 1. The lowest BCUT2D eigenvalue weighted by Crippen LogP contribution is -2.33. The summed E-state index contributed by atoms with van der Waals surface area (Å²) in [4.78, 5) is -0.217. The van der Waals surface area contributed by atoms with Crippen LogP contribution >= 0.6 is 0 Å². The van der Waals surface area contributed by atoms with E-state index in [0.29, 0.717) is 44.9 Å². The second kappa shape index (κ2) is 11.9. The SMILES string of the molecule is CC(C)Oc1c(F)c(OC2CC/C=C\CCC2)c(F)c(N2CCCCC2)c1S(=O)(=O)[N-]S(=O)(=O)C(F)(F)F. The van der Waals surface area contributed by atoms with Crippen LogP contribution in [0.5, 0.6) is 11.5 Å². The van der Waals surface area contributed by atoms with Crippen LogP contribution in [0.1, 0.15) is 65.2 Å². The van der Waals surface area contributed by atoms with Gasteiger partial charge in [0.2, 0.25) is 5.82 Å². The first kappa shape index (κ1) is 30.4. The van der Waals surface area contributed by atoms with Crippen LogP contribution in [0.3, 0.4) is 0 Å². The third-order valence-electron chi connectivity index (χ3n) is 6.00. The Morgan fingerprint density at radius 1 is 0.921 bits per heavy atom. The van der Waals surface area contributed by atoms with E-state index in [4.69, 9.17) is 9.47 Å². The highest BCUT2D eigenvalue weighted by Gasteiger charge is 2.43. The lowest BCUT2D eigenvalue weighted by Gasteiger charge is -2.34. The number of hydrogen-bond acceptors (Lipinski definition) is 7. The number of allylic oxidation sites excluding steroid dienone is 2. The smallest absolute Gasteiger partial charge is 0.480 e. The maximum Gasteiger partial charge on any atom is 0.480 e. The summed E-state index contributed by atoms with van der Waals surface area (Å²) in [6.45, 7) is 2.91. The Morgan fingerprint density at radius 2 is 1.55 bits per heavy atom. The highest BCUT2D eigenvalue weighted by atomic mass is 32.3. The van der Waals surface area contributed by atoms with Gasteiger partial charge in [0, 0.05) is 13.1 Å². The van der Waals surface area contributed by atoms with Crippen molar-refractivity contribution in [2.45, 2.75) is 87.8 Å². The lowest BCUT2D eigenvalue weighted by atomic mass is 10.0. The van der Waals surface area contributed by atoms with Gasteiger partial charge in [0.15, 0.2) is 27.3 Å². The van der Waals surface area contributed by atoms with Crippen molar-refractivity contribution in [1.82, 2.24) is 0 Å². The molecule has 8 nitrogen and oxygen atoms in total. The Balaban J connectivity index is 2.27. The molecule has 0 radical (unpaired) electrons. The van der Waals surface area contributed by atoms with Gasteiger partial charge >= 0.3 is 5.51 Å². The van der Waals surface area contributed by atoms with E-state index in [0.717, 1.165) is 6.42 Å². The number of ether oxygens (including phenoxy) is 2. The second-order valence-corrected chi connectivity index (χ2v) is 12.7. The van der Waals surface area contributed by atoms with Gasteiger partial charge in [-0.25, -0.2) is 21.2 Å². The van der Waals surface area contributed by atoms with Crippen LogP contribution < -0.4 is 14.4 Å². The molecular formula is C23H30F5N2O6S2-. The number of rotatable bonds is 8. The van der Waals surface area contributed by atoms with Crippen molar-refractivity contribution < 1.29 is 48.3 Å². The third-order valence-corrected chi connectivity index (χ3v) is 9.05. The van der Waals surface area contributed by atoms with Gasteiger partial charge in [-0.05, 0) is 65.2 Å². The molecule has 0 amide bonds. The molecule has 15 heteroatoms. The van der Waals surface area contributed by atoms with Crippen LogP contribution in [0.4, 0.5) is 27.6 Å². The third kappa shape index (κ3) is 6.89.